The third kappa shape index (κ3) is 3.37. The molecule has 0 aromatic heterocycles. The van der Waals surface area contributed by atoms with Gasteiger partial charge in [0, 0.05) is 0 Å². The molecule has 0 fully saturated rings. The fourth-order valence-corrected chi connectivity index (χ4v) is 1.71. The van der Waals surface area contributed by atoms with Crippen LogP contribution in [0.25, 0.3) is 0 Å². The van der Waals surface area contributed by atoms with E-state index in [2.05, 4.69) is 4.99 Å². The third-order valence-corrected chi connectivity index (χ3v) is 2.42. The van der Waals surface area contributed by atoms with E-state index in [1.807, 2.05) is 13.8 Å². The zero-order valence-corrected chi connectivity index (χ0v) is 10.5. The van der Waals surface area contributed by atoms with Crippen LogP contribution >= 0.6 is 0 Å². The van der Waals surface area contributed by atoms with Gasteiger partial charge in [-0.3, -0.25) is 0 Å². The summed E-state index contributed by atoms with van der Waals surface area (Å²) in [7, 11) is 1.29. The Balaban J connectivity index is 3.25. The third-order valence-electron chi connectivity index (χ3n) is 2.42. The zero-order valence-electron chi connectivity index (χ0n) is 10.5. The Bertz CT molecular complexity index is 466. The molecule has 1 rings (SSSR count). The van der Waals surface area contributed by atoms with E-state index in [9.17, 15) is 13.6 Å². The Hall–Kier alpha value is -1.74. The highest BCUT2D eigenvalue weighted by Gasteiger charge is 2.34. The average Bonchev–Trinajstić information content (AvgIpc) is 2.28. The number of nitrogens with zero attached hydrogens (tertiary/aromatic N) is 1. The number of hydrogen-bond donors (Lipinski definition) is 0. The minimum Gasteiger partial charge on any atom is -0.496 e. The van der Waals surface area contributed by atoms with Crippen LogP contribution in [0, 0.1) is 5.92 Å². The van der Waals surface area contributed by atoms with Gasteiger partial charge >= 0.3 is 6.05 Å². The lowest BCUT2D eigenvalue weighted by Gasteiger charge is -2.15. The Morgan fingerprint density at radius 2 is 2.11 bits per heavy atom. The highest BCUT2D eigenvalue weighted by molar-refractivity contribution is 5.43. The lowest BCUT2D eigenvalue weighted by molar-refractivity contribution is 0.00381. The molecule has 0 aliphatic rings. The van der Waals surface area contributed by atoms with Gasteiger partial charge in [0.15, 0.2) is 0 Å². The molecule has 0 bridgehead atoms. The largest absolute Gasteiger partial charge is 0.496 e. The van der Waals surface area contributed by atoms with Crippen LogP contribution < -0.4 is 4.74 Å². The van der Waals surface area contributed by atoms with Crippen molar-refractivity contribution in [2.45, 2.75) is 26.3 Å². The molecule has 0 unspecified atom stereocenters. The van der Waals surface area contributed by atoms with Crippen LogP contribution in [0.4, 0.5) is 8.78 Å². The van der Waals surface area contributed by atoms with Crippen LogP contribution in [-0.2, 0) is 17.3 Å². The molecule has 0 aliphatic heterocycles. The number of halogens is 2. The van der Waals surface area contributed by atoms with E-state index in [-0.39, 0.29) is 5.75 Å². The highest BCUT2D eigenvalue weighted by atomic mass is 19.3. The van der Waals surface area contributed by atoms with Crippen LogP contribution in [0.2, 0.25) is 0 Å². The van der Waals surface area contributed by atoms with Crippen LogP contribution in [0.5, 0.6) is 5.75 Å². The lowest BCUT2D eigenvalue weighted by atomic mass is 10.00. The van der Waals surface area contributed by atoms with Gasteiger partial charge in [-0.2, -0.15) is 8.78 Å². The first kappa shape index (κ1) is 14.3. The van der Waals surface area contributed by atoms with Crippen molar-refractivity contribution in [3.63, 3.8) is 0 Å². The summed E-state index contributed by atoms with van der Waals surface area (Å²) in [5.41, 5.74) is 0.341. The van der Waals surface area contributed by atoms with E-state index in [0.29, 0.717) is 12.3 Å². The molecule has 1 aromatic rings. The Morgan fingerprint density at radius 1 is 1.44 bits per heavy atom. The summed E-state index contributed by atoms with van der Waals surface area (Å²) in [5, 5.41) is 0. The van der Waals surface area contributed by atoms with Gasteiger partial charge in [-0.05, 0) is 30.0 Å². The number of isocyanates is 1. The van der Waals surface area contributed by atoms with Gasteiger partial charge in [0.25, 0.3) is 0 Å². The molecule has 0 atom stereocenters. The molecule has 1 aromatic carbocycles. The summed E-state index contributed by atoms with van der Waals surface area (Å²) in [6.45, 7) is 3.98. The van der Waals surface area contributed by atoms with Gasteiger partial charge in [-0.25, -0.2) is 4.79 Å². The molecule has 0 saturated heterocycles. The molecule has 0 aliphatic carbocycles. The van der Waals surface area contributed by atoms with E-state index < -0.39 is 11.6 Å². The van der Waals surface area contributed by atoms with E-state index in [0.717, 1.165) is 11.6 Å². The summed E-state index contributed by atoms with van der Waals surface area (Å²) in [6.07, 6.45) is 1.55. The zero-order chi connectivity index (χ0) is 13.8. The van der Waals surface area contributed by atoms with Crippen molar-refractivity contribution in [1.29, 1.82) is 0 Å². The molecule has 0 radical (unpaired) electrons. The Kier molecular flexibility index (Phi) is 4.56. The maximum absolute atomic E-state index is 13.6. The summed E-state index contributed by atoms with van der Waals surface area (Å²) in [6, 6.07) is 0.893. The molecule has 0 saturated carbocycles. The second kappa shape index (κ2) is 5.74. The summed E-state index contributed by atoms with van der Waals surface area (Å²) in [4.78, 5) is 12.6. The fraction of sp³-hybridized carbons (Fsp3) is 0.462. The number of ether oxygens (including phenoxy) is 1. The summed E-state index contributed by atoms with van der Waals surface area (Å²) >= 11 is 0. The number of alkyl halides is 2. The predicted molar refractivity (Wildman–Crippen MR) is 63.6 cm³/mol. The number of carbonyl (C=O) groups excluding carboxylic acids is 1. The van der Waals surface area contributed by atoms with Gasteiger partial charge in [0.1, 0.15) is 5.75 Å². The summed E-state index contributed by atoms with van der Waals surface area (Å²) in [5.74, 6) is 0.348. The van der Waals surface area contributed by atoms with E-state index in [1.165, 1.54) is 19.2 Å². The molecule has 0 amide bonds. The predicted octanol–water partition coefficient (Wildman–Crippen LogP) is 3.28. The second-order valence-electron chi connectivity index (χ2n) is 4.38. The smallest absolute Gasteiger partial charge is 0.382 e. The van der Waals surface area contributed by atoms with Crippen molar-refractivity contribution in [1.82, 2.24) is 0 Å². The van der Waals surface area contributed by atoms with Crippen molar-refractivity contribution in [2.75, 3.05) is 7.11 Å². The average molecular weight is 255 g/mol. The Labute approximate surface area is 104 Å². The molecule has 0 N–H and O–H groups in total. The standard InChI is InChI=1S/C13H15F2NO2/c1-9(2)6-10-4-5-12(18-3)11(7-10)13(14,15)16-8-17/h4-5,7,9H,6H2,1-3H3. The molecule has 5 heteroatoms. The van der Waals surface area contributed by atoms with E-state index in [4.69, 9.17) is 4.74 Å². The number of methoxy groups -OCH3 is 1. The van der Waals surface area contributed by atoms with Gasteiger partial charge in [-0.15, -0.1) is 4.99 Å². The quantitative estimate of drug-likeness (QED) is 0.460. The number of aliphatic imine (C=N–C) groups is 1. The van der Waals surface area contributed by atoms with Crippen molar-refractivity contribution in [3.05, 3.63) is 29.3 Å². The topological polar surface area (TPSA) is 38.7 Å². The van der Waals surface area contributed by atoms with E-state index in [1.54, 1.807) is 6.07 Å². The van der Waals surface area contributed by atoms with E-state index >= 15 is 0 Å². The van der Waals surface area contributed by atoms with Crippen LogP contribution in [0.1, 0.15) is 25.0 Å². The van der Waals surface area contributed by atoms with Gasteiger partial charge in [0.05, 0.1) is 12.7 Å². The molecule has 98 valence electrons. The number of benzene rings is 1. The molecule has 0 spiro atoms. The SMILES string of the molecule is COc1ccc(CC(C)C)cc1C(F)(F)N=C=O. The van der Waals surface area contributed by atoms with Gasteiger partial charge < -0.3 is 4.74 Å². The van der Waals surface area contributed by atoms with Crippen molar-refractivity contribution < 1.29 is 18.3 Å². The van der Waals surface area contributed by atoms with Gasteiger partial charge in [0.2, 0.25) is 6.08 Å². The van der Waals surface area contributed by atoms with Crippen LogP contribution in [0.15, 0.2) is 23.2 Å². The number of rotatable bonds is 5. The van der Waals surface area contributed by atoms with Crippen LogP contribution in [-0.4, -0.2) is 13.2 Å². The second-order valence-corrected chi connectivity index (χ2v) is 4.38. The molecule has 0 heterocycles. The fourth-order valence-electron chi connectivity index (χ4n) is 1.71. The maximum Gasteiger partial charge on any atom is 0.382 e. The molecule has 18 heavy (non-hydrogen) atoms. The first-order chi connectivity index (χ1) is 8.40. The normalized spacial score (nSPS) is 11.2. The Morgan fingerprint density at radius 3 is 2.61 bits per heavy atom. The summed E-state index contributed by atoms with van der Waals surface area (Å²) < 4.78 is 32.1. The minimum absolute atomic E-state index is 0.00602. The maximum atomic E-state index is 13.6. The molecular weight excluding hydrogens is 240 g/mol. The van der Waals surface area contributed by atoms with Crippen molar-refractivity contribution >= 4 is 6.08 Å². The molecule has 3 nitrogen and oxygen atoms in total. The minimum atomic E-state index is -3.61. The highest BCUT2D eigenvalue weighted by Crippen LogP contribution is 2.36. The first-order valence-electron chi connectivity index (χ1n) is 5.55. The molecular formula is C13H15F2NO2. The monoisotopic (exact) mass is 255 g/mol. The van der Waals surface area contributed by atoms with Crippen molar-refractivity contribution in [2.24, 2.45) is 10.9 Å². The number of hydrogen-bond acceptors (Lipinski definition) is 3. The van der Waals surface area contributed by atoms with Crippen molar-refractivity contribution in [3.8, 4) is 5.75 Å². The van der Waals surface area contributed by atoms with Gasteiger partial charge in [-0.1, -0.05) is 19.9 Å². The first-order valence-corrected chi connectivity index (χ1v) is 5.55. The van der Waals surface area contributed by atoms with Crippen LogP contribution in [0.3, 0.4) is 0 Å². The lowest BCUT2D eigenvalue weighted by Crippen LogP contribution is -2.12.